The van der Waals surface area contributed by atoms with Gasteiger partial charge in [0.15, 0.2) is 0 Å². The van der Waals surface area contributed by atoms with Gasteiger partial charge in [0, 0.05) is 11.1 Å². The van der Waals surface area contributed by atoms with Gasteiger partial charge in [-0.2, -0.15) is 18.3 Å². The highest BCUT2D eigenvalue weighted by atomic mass is 19.4. The molecule has 0 heterocycles. The maximum absolute atomic E-state index is 12.2. The van der Waals surface area contributed by atoms with Crippen molar-refractivity contribution in [1.29, 1.82) is 0 Å². The van der Waals surface area contributed by atoms with E-state index >= 15 is 0 Å². The molecule has 0 aliphatic rings. The molecular weight excluding hydrogens is 427 g/mol. The highest BCUT2D eigenvalue weighted by molar-refractivity contribution is 6.04. The number of carboxylic acid groups (broad SMARTS) is 1. The molecule has 0 fully saturated rings. The monoisotopic (exact) mass is 447 g/mol. The number of anilines is 1. The quantitative estimate of drug-likeness (QED) is 0.301. The molecule has 4 N–H and O–H groups in total. The summed E-state index contributed by atoms with van der Waals surface area (Å²) in [6.45, 7) is 0.399. The zero-order chi connectivity index (χ0) is 23.6. The lowest BCUT2D eigenvalue weighted by Crippen LogP contribution is -2.21. The van der Waals surface area contributed by atoms with Gasteiger partial charge in [-0.1, -0.05) is 54.6 Å². The summed E-state index contributed by atoms with van der Waals surface area (Å²) in [7, 11) is 0. The van der Waals surface area contributed by atoms with Crippen LogP contribution in [-0.4, -0.2) is 36.0 Å². The second-order valence-corrected chi connectivity index (χ2v) is 6.39. The molecule has 3 rings (SSSR count). The van der Waals surface area contributed by atoms with Crippen molar-refractivity contribution in [2.45, 2.75) is 12.8 Å². The van der Waals surface area contributed by atoms with Crippen molar-refractivity contribution >= 4 is 34.6 Å². The summed E-state index contributed by atoms with van der Waals surface area (Å²) in [6.07, 6.45) is -3.51. The molecule has 0 saturated heterocycles. The number of nitrogens with two attached hydrogens (primary N) is 1. The third-order valence-electron chi connectivity index (χ3n) is 3.99. The summed E-state index contributed by atoms with van der Waals surface area (Å²) in [5, 5.41) is 15.5. The molecule has 0 spiro atoms. The number of alkyl halides is 3. The maximum atomic E-state index is 12.2. The topological polar surface area (TPSA) is 114 Å². The van der Waals surface area contributed by atoms with Crippen molar-refractivity contribution < 1.29 is 32.6 Å². The first-order chi connectivity index (χ1) is 15.2. The average Bonchev–Trinajstić information content (AvgIpc) is 2.75. The number of rotatable bonds is 6. The number of nitrogens with one attached hydrogen (secondary N) is 1. The molecule has 3 aromatic carbocycles. The Morgan fingerprint density at radius 1 is 1.06 bits per heavy atom. The Bertz CT molecular complexity index is 1090. The van der Waals surface area contributed by atoms with Crippen LogP contribution in [0.5, 0.6) is 0 Å². The number of nitrogens with zero attached hydrogens (tertiary/aromatic N) is 1. The predicted molar refractivity (Wildman–Crippen MR) is 114 cm³/mol. The minimum absolute atomic E-state index is 0.00473. The molecule has 0 aromatic heterocycles. The molecule has 0 aliphatic heterocycles. The smallest absolute Gasteiger partial charge is 0.475 e. The first-order valence-corrected chi connectivity index (χ1v) is 9.18. The number of carbonyl (C=O) groups excluding carboxylic acids is 1. The number of halogens is 3. The Hall–Kier alpha value is -3.92. The van der Waals surface area contributed by atoms with Crippen LogP contribution in [0.3, 0.4) is 0 Å². The summed E-state index contributed by atoms with van der Waals surface area (Å²) in [6, 6.07) is 21.3. The largest absolute Gasteiger partial charge is 0.490 e. The zero-order valence-corrected chi connectivity index (χ0v) is 16.7. The van der Waals surface area contributed by atoms with E-state index in [1.165, 1.54) is 0 Å². The van der Waals surface area contributed by atoms with Crippen molar-refractivity contribution in [3.63, 3.8) is 0 Å². The van der Waals surface area contributed by atoms with E-state index in [-0.39, 0.29) is 12.5 Å². The number of carboxylic acids is 1. The fourth-order valence-corrected chi connectivity index (χ4v) is 2.59. The van der Waals surface area contributed by atoms with Gasteiger partial charge >= 0.3 is 12.1 Å². The van der Waals surface area contributed by atoms with Crippen LogP contribution in [0.4, 0.5) is 18.9 Å². The van der Waals surface area contributed by atoms with Gasteiger partial charge < -0.3 is 21.0 Å². The molecule has 0 radical (unpaired) electrons. The number of ether oxygens (including phenoxy) is 1. The lowest BCUT2D eigenvalue weighted by molar-refractivity contribution is -0.192. The van der Waals surface area contributed by atoms with Crippen LogP contribution in [0, 0.1) is 0 Å². The highest BCUT2D eigenvalue weighted by Crippen LogP contribution is 2.24. The van der Waals surface area contributed by atoms with E-state index < -0.39 is 12.1 Å². The summed E-state index contributed by atoms with van der Waals surface area (Å²) in [4.78, 5) is 21.1. The molecule has 0 aliphatic carbocycles. The second-order valence-electron chi connectivity index (χ2n) is 6.39. The molecule has 0 bridgehead atoms. The Kier molecular flexibility index (Phi) is 8.72. The van der Waals surface area contributed by atoms with Gasteiger partial charge in [-0.25, -0.2) is 4.79 Å². The average molecular weight is 447 g/mol. The summed E-state index contributed by atoms with van der Waals surface area (Å²) < 4.78 is 37.2. The van der Waals surface area contributed by atoms with E-state index in [0.717, 1.165) is 27.6 Å². The van der Waals surface area contributed by atoms with Gasteiger partial charge in [0.05, 0.1) is 12.8 Å². The number of aliphatic carboxylic acids is 1. The molecule has 32 heavy (non-hydrogen) atoms. The number of amides is 1. The molecule has 7 nitrogen and oxygen atoms in total. The third kappa shape index (κ3) is 7.73. The predicted octanol–water partition coefficient (Wildman–Crippen LogP) is 3.92. The molecule has 10 heteroatoms. The third-order valence-corrected chi connectivity index (χ3v) is 3.99. The van der Waals surface area contributed by atoms with Gasteiger partial charge in [-0.05, 0) is 28.6 Å². The Morgan fingerprint density at radius 3 is 2.38 bits per heavy atom. The van der Waals surface area contributed by atoms with Crippen molar-refractivity contribution in [3.8, 4) is 0 Å². The van der Waals surface area contributed by atoms with Crippen LogP contribution in [0.2, 0.25) is 0 Å². The highest BCUT2D eigenvalue weighted by Gasteiger charge is 2.38. The van der Waals surface area contributed by atoms with Crippen molar-refractivity contribution in [3.05, 3.63) is 77.9 Å². The number of benzene rings is 3. The Morgan fingerprint density at radius 2 is 1.75 bits per heavy atom. The van der Waals surface area contributed by atoms with Crippen LogP contribution < -0.4 is 11.2 Å². The number of fused-ring (bicyclic) bond motifs is 1. The lowest BCUT2D eigenvalue weighted by atomic mass is 10.1. The maximum Gasteiger partial charge on any atom is 0.490 e. The van der Waals surface area contributed by atoms with Gasteiger partial charge in [-0.15, -0.1) is 0 Å². The van der Waals surface area contributed by atoms with E-state index in [4.69, 9.17) is 20.5 Å². The van der Waals surface area contributed by atoms with Crippen LogP contribution in [0.15, 0.2) is 71.8 Å². The first kappa shape index (κ1) is 24.4. The van der Waals surface area contributed by atoms with Crippen LogP contribution >= 0.6 is 0 Å². The van der Waals surface area contributed by atoms with Crippen LogP contribution in [-0.2, 0) is 20.9 Å². The fraction of sp³-hybridized carbons (Fsp3) is 0.136. The van der Waals surface area contributed by atoms with Crippen LogP contribution in [0.1, 0.15) is 11.1 Å². The van der Waals surface area contributed by atoms with Gasteiger partial charge in [0.1, 0.15) is 6.61 Å². The van der Waals surface area contributed by atoms with Crippen molar-refractivity contribution in [1.82, 2.24) is 0 Å². The molecule has 0 unspecified atom stereocenters. The van der Waals surface area contributed by atoms with Crippen LogP contribution in [0.25, 0.3) is 10.8 Å². The molecule has 1 amide bonds. The lowest BCUT2D eigenvalue weighted by Gasteiger charge is -2.10. The summed E-state index contributed by atoms with van der Waals surface area (Å²) >= 11 is 0. The molecule has 168 valence electrons. The molecule has 0 atom stereocenters. The molecule has 0 saturated carbocycles. The number of hydrogen-bond donors (Lipinski definition) is 3. The van der Waals surface area contributed by atoms with E-state index in [0.29, 0.717) is 6.61 Å². The SMILES string of the molecule is NN=Cc1ccc2cccc(NC(=O)COCc3ccccc3)c2c1.O=C(O)C(F)(F)F. The normalized spacial score (nSPS) is 11.1. The molecule has 3 aromatic rings. The van der Waals surface area contributed by atoms with E-state index in [1.807, 2.05) is 66.7 Å². The number of hydrazone groups is 1. The minimum Gasteiger partial charge on any atom is -0.475 e. The number of carbonyl (C=O) groups is 2. The fourth-order valence-electron chi connectivity index (χ4n) is 2.59. The minimum atomic E-state index is -5.08. The van der Waals surface area contributed by atoms with Crippen molar-refractivity contribution in [2.75, 3.05) is 11.9 Å². The van der Waals surface area contributed by atoms with E-state index in [9.17, 15) is 18.0 Å². The second kappa shape index (κ2) is 11.5. The zero-order valence-electron chi connectivity index (χ0n) is 16.7. The van der Waals surface area contributed by atoms with E-state index in [1.54, 1.807) is 6.21 Å². The van der Waals surface area contributed by atoms with E-state index in [2.05, 4.69) is 10.4 Å². The van der Waals surface area contributed by atoms with Crippen molar-refractivity contribution in [2.24, 2.45) is 10.9 Å². The van der Waals surface area contributed by atoms with Gasteiger partial charge in [-0.3, -0.25) is 4.79 Å². The standard InChI is InChI=1S/C20H19N3O2.C2HF3O2/c21-22-12-16-9-10-17-7-4-8-19(18(17)11-16)23-20(24)14-25-13-15-5-2-1-3-6-15;3-2(4,5)1(6)7/h1-12H,13-14,21H2,(H,23,24);(H,6,7). The Balaban J connectivity index is 0.000000451. The summed E-state index contributed by atoms with van der Waals surface area (Å²) in [5.41, 5.74) is 2.64. The summed E-state index contributed by atoms with van der Waals surface area (Å²) in [5.74, 6) is 2.26. The first-order valence-electron chi connectivity index (χ1n) is 9.18. The molecular formula is C22H20F3N3O4. The number of hydrogen-bond acceptors (Lipinski definition) is 5. The Labute approximate surface area is 181 Å². The van der Waals surface area contributed by atoms with Gasteiger partial charge in [0.2, 0.25) is 5.91 Å². The van der Waals surface area contributed by atoms with Gasteiger partial charge in [0.25, 0.3) is 0 Å².